The molecule has 8 nitrogen and oxygen atoms in total. The van der Waals surface area contributed by atoms with Gasteiger partial charge in [0.05, 0.1) is 36.1 Å². The number of carbonyl (C=O) groups excluding carboxylic acids is 3. The predicted molar refractivity (Wildman–Crippen MR) is 119 cm³/mol. The summed E-state index contributed by atoms with van der Waals surface area (Å²) >= 11 is 0. The molecular weight excluding hydrogens is 424 g/mol. The van der Waals surface area contributed by atoms with Gasteiger partial charge in [0.25, 0.3) is 0 Å². The number of nitrogens with one attached hydrogen (secondary N) is 2. The highest BCUT2D eigenvalue weighted by molar-refractivity contribution is 6.06. The number of amides is 3. The number of anilines is 1. The first-order chi connectivity index (χ1) is 15.8. The summed E-state index contributed by atoms with van der Waals surface area (Å²) in [7, 11) is 0. The Kier molecular flexibility index (Phi) is 4.93. The molecule has 0 spiro atoms. The molecule has 3 aliphatic rings. The number of carbonyl (C=O) groups is 3. The van der Waals surface area contributed by atoms with Gasteiger partial charge in [0.2, 0.25) is 17.7 Å². The van der Waals surface area contributed by atoms with E-state index in [9.17, 15) is 29.7 Å². The highest BCUT2D eigenvalue weighted by Crippen LogP contribution is 2.57. The number of hydrogen-bond donors (Lipinski definition) is 5. The lowest BCUT2D eigenvalue weighted by Gasteiger charge is -2.54. The van der Waals surface area contributed by atoms with Crippen LogP contribution in [0, 0.1) is 16.2 Å². The molecule has 1 aliphatic heterocycles. The number of imide groups is 1. The summed E-state index contributed by atoms with van der Waals surface area (Å²) < 4.78 is 0. The summed E-state index contributed by atoms with van der Waals surface area (Å²) in [6, 6.07) is 13.7. The molecule has 2 bridgehead atoms. The number of aliphatic hydroxyl groups excluding tert-OH is 3. The molecule has 0 radical (unpaired) electrons. The normalized spacial score (nSPS) is 29.8. The van der Waals surface area contributed by atoms with Crippen molar-refractivity contribution in [2.24, 2.45) is 16.2 Å². The van der Waals surface area contributed by atoms with Gasteiger partial charge in [-0.1, -0.05) is 30.3 Å². The third-order valence-corrected chi connectivity index (χ3v) is 7.66. The second kappa shape index (κ2) is 7.48. The smallest absolute Gasteiger partial charge is 0.235 e. The summed E-state index contributed by atoms with van der Waals surface area (Å²) in [4.78, 5) is 38.8. The van der Waals surface area contributed by atoms with E-state index in [1.54, 1.807) is 6.07 Å². The molecule has 1 saturated carbocycles. The molecule has 5 rings (SSSR count). The average Bonchev–Trinajstić information content (AvgIpc) is 3.20. The highest BCUT2D eigenvalue weighted by atomic mass is 16.3. The van der Waals surface area contributed by atoms with Crippen LogP contribution in [0.1, 0.15) is 30.4 Å². The van der Waals surface area contributed by atoms with Crippen LogP contribution in [0.4, 0.5) is 5.69 Å². The second-order valence-electron chi connectivity index (χ2n) is 9.79. The minimum atomic E-state index is -1.51. The fourth-order valence-corrected chi connectivity index (χ4v) is 6.02. The first-order valence-electron chi connectivity index (χ1n) is 11.0. The first kappa shape index (κ1) is 21.8. The van der Waals surface area contributed by atoms with E-state index in [-0.39, 0.29) is 19.3 Å². The lowest BCUT2D eigenvalue weighted by Crippen LogP contribution is -2.68. The molecule has 8 heteroatoms. The summed E-state index contributed by atoms with van der Waals surface area (Å²) in [5, 5.41) is 35.6. The first-order valence-corrected chi connectivity index (χ1v) is 11.0. The molecule has 2 aliphatic carbocycles. The van der Waals surface area contributed by atoms with Crippen LogP contribution in [0.25, 0.3) is 11.1 Å². The van der Waals surface area contributed by atoms with Crippen molar-refractivity contribution >= 4 is 23.4 Å². The number of aliphatic hydroxyl groups is 3. The molecule has 2 aromatic rings. The SMILES string of the molecule is O=C1NC(=O)C2(CO)CC1(CO)CC(CO)(C(=O)Nc1ccc3c(c1)Cc1ccccc1-3)C2. The zero-order valence-corrected chi connectivity index (χ0v) is 18.1. The van der Waals surface area contributed by atoms with E-state index in [2.05, 4.69) is 22.8 Å². The van der Waals surface area contributed by atoms with Gasteiger partial charge in [0.1, 0.15) is 0 Å². The molecule has 0 aromatic heterocycles. The Morgan fingerprint density at radius 2 is 1.48 bits per heavy atom. The fraction of sp³-hybridized carbons (Fsp3) is 0.400. The highest BCUT2D eigenvalue weighted by Gasteiger charge is 2.65. The molecule has 2 atom stereocenters. The third kappa shape index (κ3) is 3.13. The van der Waals surface area contributed by atoms with Gasteiger partial charge in [-0.2, -0.15) is 0 Å². The van der Waals surface area contributed by atoms with E-state index in [1.807, 2.05) is 24.3 Å². The molecule has 5 N–H and O–H groups in total. The van der Waals surface area contributed by atoms with E-state index in [4.69, 9.17) is 0 Å². The Balaban J connectivity index is 1.47. The van der Waals surface area contributed by atoms with E-state index < -0.39 is 53.8 Å². The topological polar surface area (TPSA) is 136 Å². The van der Waals surface area contributed by atoms with Crippen molar-refractivity contribution < 1.29 is 29.7 Å². The van der Waals surface area contributed by atoms with Gasteiger partial charge in [-0.3, -0.25) is 19.7 Å². The Hall–Kier alpha value is -3.07. The van der Waals surface area contributed by atoms with E-state index in [0.29, 0.717) is 5.69 Å². The van der Waals surface area contributed by atoms with Crippen LogP contribution in [0.5, 0.6) is 0 Å². The molecule has 1 saturated heterocycles. The zero-order valence-electron chi connectivity index (χ0n) is 18.1. The molecule has 2 fully saturated rings. The lowest BCUT2D eigenvalue weighted by atomic mass is 9.50. The van der Waals surface area contributed by atoms with Gasteiger partial charge in [0.15, 0.2) is 0 Å². The Labute approximate surface area is 190 Å². The maximum Gasteiger partial charge on any atom is 0.235 e. The van der Waals surface area contributed by atoms with Crippen LogP contribution in [0.15, 0.2) is 42.5 Å². The van der Waals surface area contributed by atoms with Crippen LogP contribution >= 0.6 is 0 Å². The van der Waals surface area contributed by atoms with E-state index in [0.717, 1.165) is 23.1 Å². The number of hydrogen-bond acceptors (Lipinski definition) is 6. The predicted octanol–water partition coefficient (Wildman–Crippen LogP) is 0.973. The number of benzene rings is 2. The molecule has 172 valence electrons. The summed E-state index contributed by atoms with van der Waals surface area (Å²) in [5.74, 6) is -1.90. The maximum atomic E-state index is 13.5. The molecule has 33 heavy (non-hydrogen) atoms. The van der Waals surface area contributed by atoms with Gasteiger partial charge >= 0.3 is 0 Å². The van der Waals surface area contributed by atoms with Crippen LogP contribution < -0.4 is 10.6 Å². The number of fused-ring (bicyclic) bond motifs is 5. The van der Waals surface area contributed by atoms with Crippen molar-refractivity contribution in [3.63, 3.8) is 0 Å². The minimum absolute atomic E-state index is 0.0657. The zero-order chi connectivity index (χ0) is 23.4. The van der Waals surface area contributed by atoms with Gasteiger partial charge in [-0.15, -0.1) is 0 Å². The van der Waals surface area contributed by atoms with Crippen LogP contribution in [-0.2, 0) is 20.8 Å². The van der Waals surface area contributed by atoms with E-state index >= 15 is 0 Å². The van der Waals surface area contributed by atoms with Crippen LogP contribution in [0.2, 0.25) is 0 Å². The largest absolute Gasteiger partial charge is 0.395 e. The molecule has 2 unspecified atom stereocenters. The van der Waals surface area contributed by atoms with Gasteiger partial charge in [-0.25, -0.2) is 0 Å². The fourth-order valence-electron chi connectivity index (χ4n) is 6.02. The van der Waals surface area contributed by atoms with Crippen molar-refractivity contribution in [1.82, 2.24) is 5.32 Å². The van der Waals surface area contributed by atoms with Gasteiger partial charge < -0.3 is 20.6 Å². The number of piperidine rings is 1. The lowest BCUT2D eigenvalue weighted by molar-refractivity contribution is -0.177. The summed E-state index contributed by atoms with van der Waals surface area (Å²) in [5.41, 5.74) is 0.706. The van der Waals surface area contributed by atoms with Crippen LogP contribution in [-0.4, -0.2) is 52.9 Å². The quantitative estimate of drug-likeness (QED) is 0.368. The summed E-state index contributed by atoms with van der Waals surface area (Å²) in [6.07, 6.45) is 0.423. The van der Waals surface area contributed by atoms with Gasteiger partial charge in [0, 0.05) is 5.69 Å². The van der Waals surface area contributed by atoms with Gasteiger partial charge in [-0.05, 0) is 60.1 Å². The summed E-state index contributed by atoms with van der Waals surface area (Å²) in [6.45, 7) is -1.82. The Morgan fingerprint density at radius 1 is 0.848 bits per heavy atom. The third-order valence-electron chi connectivity index (χ3n) is 7.66. The number of rotatable bonds is 5. The minimum Gasteiger partial charge on any atom is -0.395 e. The molecular formula is C25H26N2O6. The van der Waals surface area contributed by atoms with Crippen molar-refractivity contribution in [2.75, 3.05) is 25.1 Å². The van der Waals surface area contributed by atoms with Crippen LogP contribution in [0.3, 0.4) is 0 Å². The maximum absolute atomic E-state index is 13.5. The van der Waals surface area contributed by atoms with E-state index in [1.165, 1.54) is 5.56 Å². The van der Waals surface area contributed by atoms with Crippen molar-refractivity contribution in [3.8, 4) is 11.1 Å². The second-order valence-corrected chi connectivity index (χ2v) is 9.79. The Bertz CT molecular complexity index is 1150. The molecule has 1 heterocycles. The van der Waals surface area contributed by atoms with Crippen molar-refractivity contribution in [2.45, 2.75) is 25.7 Å². The average molecular weight is 450 g/mol. The molecule has 2 aromatic carbocycles. The standard InChI is InChI=1S/C25H26N2O6/c28-12-23(9-24(13-29)11-25(10-23,14-30)22(33)27-21(24)32)20(31)26-17-5-6-19-16(8-17)7-15-3-1-2-4-18(15)19/h1-6,8,28-30H,7,9-14H2,(H,26,31)(H,27,32,33). The monoisotopic (exact) mass is 450 g/mol. The van der Waals surface area contributed by atoms with Crippen molar-refractivity contribution in [3.05, 3.63) is 53.6 Å². The Morgan fingerprint density at radius 3 is 2.12 bits per heavy atom. The van der Waals surface area contributed by atoms with Crippen molar-refractivity contribution in [1.29, 1.82) is 0 Å². The molecule has 3 amide bonds.